The number of hydrogen-bond donors (Lipinski definition) is 2. The van der Waals surface area contributed by atoms with Crippen LogP contribution in [0.25, 0.3) is 5.69 Å². The maximum Gasteiger partial charge on any atom is 0.230 e. The summed E-state index contributed by atoms with van der Waals surface area (Å²) in [5, 5.41) is 24.2. The van der Waals surface area contributed by atoms with E-state index in [1.165, 1.54) is 16.4 Å². The van der Waals surface area contributed by atoms with Crippen LogP contribution < -0.4 is 5.32 Å². The fourth-order valence-electron chi connectivity index (χ4n) is 2.00. The highest BCUT2D eigenvalue weighted by molar-refractivity contribution is 7.99. The van der Waals surface area contributed by atoms with Gasteiger partial charge in [-0.1, -0.05) is 42.1 Å². The third-order valence-electron chi connectivity index (χ3n) is 3.20. The first-order chi connectivity index (χ1) is 11.7. The highest BCUT2D eigenvalue weighted by atomic mass is 32.2. The maximum absolute atomic E-state index is 12.0. The molecular formula is C16H15N5O2S. The summed E-state index contributed by atoms with van der Waals surface area (Å²) in [7, 11) is 0. The smallest absolute Gasteiger partial charge is 0.230 e. The van der Waals surface area contributed by atoms with E-state index in [2.05, 4.69) is 20.8 Å². The Morgan fingerprint density at radius 3 is 2.62 bits per heavy atom. The Balaban J connectivity index is 1.56. The van der Waals surface area contributed by atoms with Gasteiger partial charge in [0.25, 0.3) is 0 Å². The van der Waals surface area contributed by atoms with Gasteiger partial charge in [0.1, 0.15) is 5.75 Å². The number of aromatic nitrogens is 4. The Bertz CT molecular complexity index is 805. The van der Waals surface area contributed by atoms with E-state index in [9.17, 15) is 9.90 Å². The summed E-state index contributed by atoms with van der Waals surface area (Å²) < 4.78 is 1.52. The summed E-state index contributed by atoms with van der Waals surface area (Å²) in [4.78, 5) is 12.0. The molecule has 0 fully saturated rings. The van der Waals surface area contributed by atoms with Gasteiger partial charge in [0, 0.05) is 6.54 Å². The standard InChI is InChI=1S/C16H15N5O2S/c22-14-8-6-13(7-9-14)21-16(18-19-20-21)24-11-15(23)17-10-12-4-2-1-3-5-12/h1-9,22H,10-11H2,(H,17,23). The summed E-state index contributed by atoms with van der Waals surface area (Å²) in [5.74, 6) is 0.288. The van der Waals surface area contributed by atoms with Gasteiger partial charge >= 0.3 is 0 Å². The lowest BCUT2D eigenvalue weighted by atomic mass is 10.2. The van der Waals surface area contributed by atoms with Crippen molar-refractivity contribution in [2.45, 2.75) is 11.7 Å². The molecule has 0 aliphatic heterocycles. The van der Waals surface area contributed by atoms with Gasteiger partial charge < -0.3 is 10.4 Å². The first-order valence-electron chi connectivity index (χ1n) is 7.23. The summed E-state index contributed by atoms with van der Waals surface area (Å²) in [5.41, 5.74) is 1.76. The van der Waals surface area contributed by atoms with Crippen LogP contribution in [0.1, 0.15) is 5.56 Å². The van der Waals surface area contributed by atoms with Crippen molar-refractivity contribution in [2.24, 2.45) is 0 Å². The second-order valence-electron chi connectivity index (χ2n) is 4.94. The van der Waals surface area contributed by atoms with Crippen molar-refractivity contribution >= 4 is 17.7 Å². The number of nitrogens with one attached hydrogen (secondary N) is 1. The van der Waals surface area contributed by atoms with E-state index >= 15 is 0 Å². The SMILES string of the molecule is O=C(CSc1nnnn1-c1ccc(O)cc1)NCc1ccccc1. The van der Waals surface area contributed by atoms with Crippen LogP contribution in [0.4, 0.5) is 0 Å². The Morgan fingerprint density at radius 2 is 1.88 bits per heavy atom. The molecule has 24 heavy (non-hydrogen) atoms. The number of rotatable bonds is 6. The number of aromatic hydroxyl groups is 1. The molecule has 8 heteroatoms. The Kier molecular flexibility index (Phi) is 5.07. The highest BCUT2D eigenvalue weighted by Gasteiger charge is 2.11. The maximum atomic E-state index is 12.0. The fraction of sp³-hybridized carbons (Fsp3) is 0.125. The second kappa shape index (κ2) is 7.60. The minimum Gasteiger partial charge on any atom is -0.508 e. The third-order valence-corrected chi connectivity index (χ3v) is 4.12. The van der Waals surface area contributed by atoms with Crippen molar-refractivity contribution in [3.63, 3.8) is 0 Å². The Labute approximate surface area is 142 Å². The molecule has 0 saturated heterocycles. The zero-order valence-electron chi connectivity index (χ0n) is 12.7. The first kappa shape index (κ1) is 16.0. The van der Waals surface area contributed by atoms with E-state index in [4.69, 9.17) is 0 Å². The molecule has 0 spiro atoms. The van der Waals surface area contributed by atoms with E-state index in [1.54, 1.807) is 24.3 Å². The lowest BCUT2D eigenvalue weighted by molar-refractivity contribution is -0.118. The van der Waals surface area contributed by atoms with E-state index in [1.807, 2.05) is 30.3 Å². The van der Waals surface area contributed by atoms with E-state index in [-0.39, 0.29) is 17.4 Å². The molecule has 1 heterocycles. The van der Waals surface area contributed by atoms with Gasteiger partial charge in [0.15, 0.2) is 0 Å². The third kappa shape index (κ3) is 4.11. The van der Waals surface area contributed by atoms with Gasteiger partial charge in [-0.2, -0.15) is 4.68 Å². The van der Waals surface area contributed by atoms with Crippen LogP contribution in [0, 0.1) is 0 Å². The Hall–Kier alpha value is -2.87. The van der Waals surface area contributed by atoms with Crippen molar-refractivity contribution in [1.29, 1.82) is 0 Å². The highest BCUT2D eigenvalue weighted by Crippen LogP contribution is 2.19. The summed E-state index contributed by atoms with van der Waals surface area (Å²) >= 11 is 1.25. The minimum atomic E-state index is -0.0934. The van der Waals surface area contributed by atoms with Crippen molar-refractivity contribution in [3.05, 3.63) is 60.2 Å². The van der Waals surface area contributed by atoms with Gasteiger partial charge in [-0.15, -0.1) is 5.10 Å². The van der Waals surface area contributed by atoms with Crippen LogP contribution in [-0.4, -0.2) is 37.0 Å². The number of nitrogens with zero attached hydrogens (tertiary/aromatic N) is 4. The van der Waals surface area contributed by atoms with Crippen LogP contribution in [0.3, 0.4) is 0 Å². The van der Waals surface area contributed by atoms with Crippen LogP contribution in [0.15, 0.2) is 59.8 Å². The second-order valence-corrected chi connectivity index (χ2v) is 5.88. The number of phenols is 1. The van der Waals surface area contributed by atoms with Crippen LogP contribution in [-0.2, 0) is 11.3 Å². The van der Waals surface area contributed by atoms with E-state index < -0.39 is 0 Å². The van der Waals surface area contributed by atoms with E-state index in [0.29, 0.717) is 17.4 Å². The molecular weight excluding hydrogens is 326 g/mol. The Morgan fingerprint density at radius 1 is 1.12 bits per heavy atom. The number of carbonyl (C=O) groups excluding carboxylic acids is 1. The fourth-order valence-corrected chi connectivity index (χ4v) is 2.72. The number of tetrazole rings is 1. The largest absolute Gasteiger partial charge is 0.508 e. The predicted octanol–water partition coefficient (Wildman–Crippen LogP) is 1.78. The lowest BCUT2D eigenvalue weighted by Crippen LogP contribution is -2.24. The zero-order valence-corrected chi connectivity index (χ0v) is 13.5. The summed E-state index contributed by atoms with van der Waals surface area (Å²) in [6.45, 7) is 0.489. The predicted molar refractivity (Wildman–Crippen MR) is 89.8 cm³/mol. The van der Waals surface area contributed by atoms with Crippen LogP contribution in [0.5, 0.6) is 5.75 Å². The topological polar surface area (TPSA) is 92.9 Å². The molecule has 0 radical (unpaired) electrons. The van der Waals surface area contributed by atoms with Crippen LogP contribution in [0.2, 0.25) is 0 Å². The summed E-state index contributed by atoms with van der Waals surface area (Å²) in [6.07, 6.45) is 0. The molecule has 0 saturated carbocycles. The van der Waals surface area contributed by atoms with Gasteiger partial charge in [-0.3, -0.25) is 4.79 Å². The molecule has 1 aromatic heterocycles. The molecule has 0 bridgehead atoms. The average Bonchev–Trinajstić information content (AvgIpc) is 3.08. The van der Waals surface area contributed by atoms with Crippen molar-refractivity contribution in [3.8, 4) is 11.4 Å². The molecule has 0 aliphatic rings. The zero-order chi connectivity index (χ0) is 16.8. The number of benzene rings is 2. The molecule has 0 atom stereocenters. The number of carbonyl (C=O) groups is 1. The number of hydrogen-bond acceptors (Lipinski definition) is 6. The quantitative estimate of drug-likeness (QED) is 0.664. The number of phenolic OH excluding ortho intramolecular Hbond substituents is 1. The van der Waals surface area contributed by atoms with Crippen molar-refractivity contribution < 1.29 is 9.90 Å². The molecule has 3 aromatic rings. The molecule has 7 nitrogen and oxygen atoms in total. The molecule has 0 unspecified atom stereocenters. The van der Waals surface area contributed by atoms with E-state index in [0.717, 1.165) is 5.56 Å². The normalized spacial score (nSPS) is 10.5. The van der Waals surface area contributed by atoms with Gasteiger partial charge in [0.2, 0.25) is 11.1 Å². The minimum absolute atomic E-state index is 0.0934. The van der Waals surface area contributed by atoms with Gasteiger partial charge in [-0.05, 0) is 40.3 Å². The van der Waals surface area contributed by atoms with Gasteiger partial charge in [-0.25, -0.2) is 0 Å². The molecule has 122 valence electrons. The summed E-state index contributed by atoms with van der Waals surface area (Å²) in [6, 6.07) is 16.2. The average molecular weight is 341 g/mol. The monoisotopic (exact) mass is 341 g/mol. The molecule has 1 amide bonds. The molecule has 2 N–H and O–H groups in total. The lowest BCUT2D eigenvalue weighted by Gasteiger charge is -2.06. The molecule has 0 aliphatic carbocycles. The number of amides is 1. The van der Waals surface area contributed by atoms with Crippen molar-refractivity contribution in [2.75, 3.05) is 5.75 Å². The molecule has 3 rings (SSSR count). The van der Waals surface area contributed by atoms with Crippen molar-refractivity contribution in [1.82, 2.24) is 25.5 Å². The van der Waals surface area contributed by atoms with Crippen LogP contribution >= 0.6 is 11.8 Å². The number of thioether (sulfide) groups is 1. The molecule has 2 aromatic carbocycles. The first-order valence-corrected chi connectivity index (χ1v) is 8.22. The van der Waals surface area contributed by atoms with Gasteiger partial charge in [0.05, 0.1) is 11.4 Å².